The molecular formula is C26H29NO. The number of hydrogen-bond acceptors (Lipinski definition) is 1. The zero-order valence-electron chi connectivity index (χ0n) is 16.7. The number of hydrogen-bond donors (Lipinski definition) is 0. The molecule has 0 unspecified atom stereocenters. The summed E-state index contributed by atoms with van der Waals surface area (Å²) in [6.07, 6.45) is 7.79. The maximum Gasteiger partial charge on any atom is 0.139 e. The maximum atomic E-state index is 12.1. The van der Waals surface area contributed by atoms with E-state index in [0.717, 1.165) is 32.1 Å². The van der Waals surface area contributed by atoms with E-state index >= 15 is 0 Å². The number of Topliss-reactive ketones (excluding diaryl/α,β-unsaturated/α-hetero) is 1. The van der Waals surface area contributed by atoms with Gasteiger partial charge in [-0.1, -0.05) is 42.5 Å². The molecule has 0 bridgehead atoms. The van der Waals surface area contributed by atoms with Crippen LogP contribution in [0.5, 0.6) is 0 Å². The van der Waals surface area contributed by atoms with Crippen molar-refractivity contribution in [3.63, 3.8) is 0 Å². The molecule has 0 aliphatic heterocycles. The maximum absolute atomic E-state index is 12.1. The molecule has 1 heterocycles. The second-order valence-corrected chi connectivity index (χ2v) is 8.23. The second-order valence-electron chi connectivity index (χ2n) is 8.23. The lowest BCUT2D eigenvalue weighted by atomic mass is 9.77. The van der Waals surface area contributed by atoms with Crippen LogP contribution in [0, 0.1) is 11.8 Å². The van der Waals surface area contributed by atoms with Gasteiger partial charge in [-0.3, -0.25) is 4.79 Å². The SMILES string of the molecule is C=CCC(=O)C1CCC(Cc2cccc(-c3cc4ccccc4n3C)c2)CC1. The van der Waals surface area contributed by atoms with E-state index in [9.17, 15) is 4.79 Å². The van der Waals surface area contributed by atoms with Crippen molar-refractivity contribution < 1.29 is 4.79 Å². The van der Waals surface area contributed by atoms with Crippen molar-refractivity contribution in [1.29, 1.82) is 0 Å². The van der Waals surface area contributed by atoms with Crippen molar-refractivity contribution in [2.75, 3.05) is 0 Å². The summed E-state index contributed by atoms with van der Waals surface area (Å²) < 4.78 is 2.28. The fourth-order valence-electron chi connectivity index (χ4n) is 4.75. The minimum Gasteiger partial charge on any atom is -0.344 e. The summed E-state index contributed by atoms with van der Waals surface area (Å²) in [5.41, 5.74) is 5.22. The highest BCUT2D eigenvalue weighted by atomic mass is 16.1. The first kappa shape index (κ1) is 18.7. The van der Waals surface area contributed by atoms with Crippen LogP contribution in [0.2, 0.25) is 0 Å². The van der Waals surface area contributed by atoms with Crippen molar-refractivity contribution in [3.8, 4) is 11.3 Å². The van der Waals surface area contributed by atoms with E-state index in [2.05, 4.69) is 72.8 Å². The Morgan fingerprint density at radius 1 is 1.07 bits per heavy atom. The van der Waals surface area contributed by atoms with Crippen molar-refractivity contribution in [2.45, 2.75) is 38.5 Å². The number of aryl methyl sites for hydroxylation is 1. The van der Waals surface area contributed by atoms with Gasteiger partial charge in [0.2, 0.25) is 0 Å². The second kappa shape index (κ2) is 8.18. The number of benzene rings is 2. The first-order valence-electron chi connectivity index (χ1n) is 10.4. The van der Waals surface area contributed by atoms with Crippen LogP contribution in [-0.2, 0) is 18.3 Å². The molecule has 0 amide bonds. The van der Waals surface area contributed by atoms with Crippen molar-refractivity contribution >= 4 is 16.7 Å². The standard InChI is InChI=1S/C26H29NO/c1-3-7-26(28)21-14-12-19(13-15-21)16-20-8-6-10-22(17-20)25-18-23-9-4-5-11-24(23)27(25)2/h3-6,8-11,17-19,21H,1,7,12-16H2,2H3. The van der Waals surface area contributed by atoms with Crippen LogP contribution >= 0.6 is 0 Å². The van der Waals surface area contributed by atoms with E-state index in [1.54, 1.807) is 6.08 Å². The smallest absolute Gasteiger partial charge is 0.139 e. The molecule has 2 aromatic carbocycles. The molecule has 2 nitrogen and oxygen atoms in total. The van der Waals surface area contributed by atoms with E-state index in [-0.39, 0.29) is 5.92 Å². The Kier molecular flexibility index (Phi) is 5.47. The van der Waals surface area contributed by atoms with Crippen LogP contribution in [-0.4, -0.2) is 10.4 Å². The Morgan fingerprint density at radius 2 is 1.86 bits per heavy atom. The number of ketones is 1. The van der Waals surface area contributed by atoms with Crippen LogP contribution in [0.15, 0.2) is 67.3 Å². The fraction of sp³-hybridized carbons (Fsp3) is 0.346. The third-order valence-electron chi connectivity index (χ3n) is 6.35. The van der Waals surface area contributed by atoms with Crippen molar-refractivity contribution in [1.82, 2.24) is 4.57 Å². The highest BCUT2D eigenvalue weighted by molar-refractivity contribution is 5.87. The van der Waals surface area contributed by atoms with Gasteiger partial charge in [-0.2, -0.15) is 0 Å². The van der Waals surface area contributed by atoms with E-state index < -0.39 is 0 Å². The van der Waals surface area contributed by atoms with Crippen LogP contribution in [0.4, 0.5) is 0 Å². The van der Waals surface area contributed by atoms with Gasteiger partial charge < -0.3 is 4.57 Å². The number of carbonyl (C=O) groups is 1. The number of nitrogens with zero attached hydrogens (tertiary/aromatic N) is 1. The number of fused-ring (bicyclic) bond motifs is 1. The first-order chi connectivity index (χ1) is 13.7. The van der Waals surface area contributed by atoms with Crippen LogP contribution in [0.3, 0.4) is 0 Å². The lowest BCUT2D eigenvalue weighted by Crippen LogP contribution is -2.22. The average Bonchev–Trinajstić information content (AvgIpc) is 3.06. The van der Waals surface area contributed by atoms with Gasteiger partial charge in [0.25, 0.3) is 0 Å². The summed E-state index contributed by atoms with van der Waals surface area (Å²) in [6.45, 7) is 3.70. The van der Waals surface area contributed by atoms with Gasteiger partial charge in [-0.25, -0.2) is 0 Å². The van der Waals surface area contributed by atoms with Gasteiger partial charge in [-0.15, -0.1) is 6.58 Å². The number of rotatable bonds is 6. The minimum atomic E-state index is 0.261. The minimum absolute atomic E-state index is 0.261. The number of aromatic nitrogens is 1. The summed E-state index contributed by atoms with van der Waals surface area (Å²) in [4.78, 5) is 12.1. The number of allylic oxidation sites excluding steroid dienone is 1. The molecule has 144 valence electrons. The predicted octanol–water partition coefficient (Wildman–Crippen LogP) is 6.34. The molecule has 4 rings (SSSR count). The highest BCUT2D eigenvalue weighted by Crippen LogP contribution is 2.33. The summed E-state index contributed by atoms with van der Waals surface area (Å²) in [5, 5.41) is 1.29. The largest absolute Gasteiger partial charge is 0.344 e. The molecule has 28 heavy (non-hydrogen) atoms. The molecule has 0 spiro atoms. The highest BCUT2D eigenvalue weighted by Gasteiger charge is 2.25. The van der Waals surface area contributed by atoms with E-state index in [0.29, 0.717) is 18.1 Å². The first-order valence-corrected chi connectivity index (χ1v) is 10.4. The van der Waals surface area contributed by atoms with Gasteiger partial charge >= 0.3 is 0 Å². The molecule has 0 atom stereocenters. The van der Waals surface area contributed by atoms with Crippen LogP contribution in [0.1, 0.15) is 37.7 Å². The topological polar surface area (TPSA) is 22.0 Å². The molecule has 2 heteroatoms. The normalized spacial score (nSPS) is 19.6. The fourth-order valence-corrected chi connectivity index (χ4v) is 4.75. The van der Waals surface area contributed by atoms with Gasteiger partial charge in [-0.05, 0) is 67.3 Å². The Labute approximate surface area is 167 Å². The molecule has 1 aromatic heterocycles. The lowest BCUT2D eigenvalue weighted by Gasteiger charge is -2.27. The molecule has 1 aliphatic rings. The number of carbonyl (C=O) groups excluding carboxylic acids is 1. The average molecular weight is 372 g/mol. The lowest BCUT2D eigenvalue weighted by molar-refractivity contribution is -0.123. The zero-order valence-corrected chi connectivity index (χ0v) is 16.7. The Morgan fingerprint density at radius 3 is 2.61 bits per heavy atom. The summed E-state index contributed by atoms with van der Waals surface area (Å²) in [7, 11) is 2.14. The molecule has 3 aromatic rings. The predicted molar refractivity (Wildman–Crippen MR) is 117 cm³/mol. The van der Waals surface area contributed by atoms with Crippen molar-refractivity contribution in [3.05, 3.63) is 72.8 Å². The molecule has 1 fully saturated rings. The Hall–Kier alpha value is -2.61. The Balaban J connectivity index is 1.47. The van der Waals surface area contributed by atoms with Gasteiger partial charge in [0, 0.05) is 36.0 Å². The van der Waals surface area contributed by atoms with Gasteiger partial charge in [0.1, 0.15) is 5.78 Å². The van der Waals surface area contributed by atoms with Crippen LogP contribution < -0.4 is 0 Å². The van der Waals surface area contributed by atoms with Crippen LogP contribution in [0.25, 0.3) is 22.2 Å². The third-order valence-corrected chi connectivity index (χ3v) is 6.35. The quantitative estimate of drug-likeness (QED) is 0.463. The van der Waals surface area contributed by atoms with E-state index in [1.165, 1.54) is 27.7 Å². The van der Waals surface area contributed by atoms with Gasteiger partial charge in [0.15, 0.2) is 0 Å². The molecule has 0 radical (unpaired) electrons. The van der Waals surface area contributed by atoms with Crippen molar-refractivity contribution in [2.24, 2.45) is 18.9 Å². The molecule has 0 N–H and O–H groups in total. The number of para-hydroxylation sites is 1. The third kappa shape index (κ3) is 3.82. The molecule has 1 saturated carbocycles. The molecule has 1 aliphatic carbocycles. The summed E-state index contributed by atoms with van der Waals surface area (Å²) >= 11 is 0. The van der Waals surface area contributed by atoms with E-state index in [4.69, 9.17) is 0 Å². The molecule has 0 saturated heterocycles. The summed E-state index contributed by atoms with van der Waals surface area (Å²) in [6, 6.07) is 19.8. The Bertz CT molecular complexity index is 989. The summed E-state index contributed by atoms with van der Waals surface area (Å²) in [5.74, 6) is 1.33. The molecular weight excluding hydrogens is 342 g/mol. The zero-order chi connectivity index (χ0) is 19.5. The van der Waals surface area contributed by atoms with Gasteiger partial charge in [0.05, 0.1) is 0 Å². The monoisotopic (exact) mass is 371 g/mol. The van der Waals surface area contributed by atoms with E-state index in [1.807, 2.05) is 0 Å².